The Kier molecular flexibility index (Phi) is 3.90. The minimum atomic E-state index is 0.782. The van der Waals surface area contributed by atoms with Gasteiger partial charge in [-0.2, -0.15) is 0 Å². The molecule has 0 aromatic heterocycles. The van der Waals surface area contributed by atoms with Crippen molar-refractivity contribution < 1.29 is 0 Å². The molecular weight excluding hydrogens is 288 g/mol. The first-order valence-electron chi connectivity index (χ1n) is 7.07. The summed E-state index contributed by atoms with van der Waals surface area (Å²) in [6.45, 7) is 5.02. The van der Waals surface area contributed by atoms with Crippen LogP contribution in [-0.4, -0.2) is 37.1 Å². The van der Waals surface area contributed by atoms with Crippen LogP contribution in [0.2, 0.25) is 0 Å². The van der Waals surface area contributed by atoms with Crippen molar-refractivity contribution in [2.45, 2.75) is 31.7 Å². The Hall–Kier alpha value is -0.540. The Morgan fingerprint density at radius 1 is 0.944 bits per heavy atom. The number of nitrogens with zero attached hydrogens (tertiary/aromatic N) is 2. The summed E-state index contributed by atoms with van der Waals surface area (Å²) in [7, 11) is 0. The zero-order chi connectivity index (χ0) is 12.4. The minimum Gasteiger partial charge on any atom is -0.370 e. The van der Waals surface area contributed by atoms with Gasteiger partial charge in [0.2, 0.25) is 0 Å². The van der Waals surface area contributed by atoms with Gasteiger partial charge in [0.1, 0.15) is 0 Å². The molecule has 2 aliphatic rings. The molecule has 1 aromatic carbocycles. The van der Waals surface area contributed by atoms with E-state index in [1.807, 2.05) is 0 Å². The number of anilines is 1. The minimum absolute atomic E-state index is 0.782. The molecule has 3 heteroatoms. The summed E-state index contributed by atoms with van der Waals surface area (Å²) in [5.41, 5.74) is 1.38. The maximum atomic E-state index is 3.51. The molecule has 0 radical (unpaired) electrons. The molecule has 0 N–H and O–H groups in total. The Balaban J connectivity index is 1.74. The molecule has 1 unspecified atom stereocenters. The van der Waals surface area contributed by atoms with Crippen LogP contribution in [-0.2, 0) is 0 Å². The Bertz CT molecular complexity index is 390. The van der Waals surface area contributed by atoms with E-state index in [1.165, 1.54) is 62.0 Å². The molecule has 0 amide bonds. The van der Waals surface area contributed by atoms with Crippen molar-refractivity contribution >= 4 is 21.6 Å². The van der Waals surface area contributed by atoms with E-state index >= 15 is 0 Å². The van der Waals surface area contributed by atoms with Gasteiger partial charge in [0.05, 0.1) is 0 Å². The van der Waals surface area contributed by atoms with Gasteiger partial charge in [0, 0.05) is 35.8 Å². The average molecular weight is 309 g/mol. The SMILES string of the molecule is Brc1ccc(N2CCCN3CCCCC3C2)cc1. The molecule has 0 saturated carbocycles. The first-order valence-corrected chi connectivity index (χ1v) is 7.87. The molecule has 2 saturated heterocycles. The summed E-state index contributed by atoms with van der Waals surface area (Å²) >= 11 is 3.51. The van der Waals surface area contributed by atoms with Crippen molar-refractivity contribution in [2.24, 2.45) is 0 Å². The van der Waals surface area contributed by atoms with Crippen LogP contribution in [0.4, 0.5) is 5.69 Å². The highest BCUT2D eigenvalue weighted by atomic mass is 79.9. The van der Waals surface area contributed by atoms with Crippen molar-refractivity contribution in [2.75, 3.05) is 31.1 Å². The van der Waals surface area contributed by atoms with Crippen LogP contribution in [0, 0.1) is 0 Å². The van der Waals surface area contributed by atoms with Crippen LogP contribution in [0.3, 0.4) is 0 Å². The molecule has 3 rings (SSSR count). The van der Waals surface area contributed by atoms with E-state index in [4.69, 9.17) is 0 Å². The Morgan fingerprint density at radius 3 is 2.56 bits per heavy atom. The molecule has 2 aliphatic heterocycles. The van der Waals surface area contributed by atoms with Crippen LogP contribution in [0.5, 0.6) is 0 Å². The lowest BCUT2D eigenvalue weighted by molar-refractivity contribution is 0.162. The van der Waals surface area contributed by atoms with Gasteiger partial charge in [-0.05, 0) is 50.1 Å². The second-order valence-corrected chi connectivity index (χ2v) is 6.38. The van der Waals surface area contributed by atoms with Gasteiger partial charge in [-0.15, -0.1) is 0 Å². The number of benzene rings is 1. The van der Waals surface area contributed by atoms with Gasteiger partial charge >= 0.3 is 0 Å². The lowest BCUT2D eigenvalue weighted by Gasteiger charge is -2.35. The highest BCUT2D eigenvalue weighted by molar-refractivity contribution is 9.10. The number of hydrogen-bond donors (Lipinski definition) is 0. The van der Waals surface area contributed by atoms with E-state index in [2.05, 4.69) is 50.0 Å². The predicted molar refractivity (Wildman–Crippen MR) is 80.2 cm³/mol. The summed E-state index contributed by atoms with van der Waals surface area (Å²) in [6, 6.07) is 9.56. The van der Waals surface area contributed by atoms with Crippen LogP contribution in [0.25, 0.3) is 0 Å². The van der Waals surface area contributed by atoms with E-state index < -0.39 is 0 Å². The molecule has 98 valence electrons. The van der Waals surface area contributed by atoms with Crippen molar-refractivity contribution in [3.8, 4) is 0 Å². The standard InChI is InChI=1S/C15H21BrN2/c16-13-5-7-14(8-6-13)18-11-3-10-17-9-2-1-4-15(17)12-18/h5-8,15H,1-4,9-12H2. The largest absolute Gasteiger partial charge is 0.370 e. The van der Waals surface area contributed by atoms with Crippen LogP contribution in [0.15, 0.2) is 28.7 Å². The smallest absolute Gasteiger partial charge is 0.0367 e. The summed E-state index contributed by atoms with van der Waals surface area (Å²) in [4.78, 5) is 5.28. The number of halogens is 1. The normalized spacial score (nSPS) is 25.6. The average Bonchev–Trinajstić information content (AvgIpc) is 2.61. The van der Waals surface area contributed by atoms with Crippen molar-refractivity contribution in [3.63, 3.8) is 0 Å². The molecule has 18 heavy (non-hydrogen) atoms. The fraction of sp³-hybridized carbons (Fsp3) is 0.600. The second kappa shape index (κ2) is 5.62. The molecule has 2 heterocycles. The fourth-order valence-corrected chi connectivity index (χ4v) is 3.52. The van der Waals surface area contributed by atoms with Crippen LogP contribution < -0.4 is 4.90 Å². The lowest BCUT2D eigenvalue weighted by atomic mass is 10.0. The van der Waals surface area contributed by atoms with E-state index in [0.29, 0.717) is 0 Å². The molecule has 0 bridgehead atoms. The lowest BCUT2D eigenvalue weighted by Crippen LogP contribution is -2.44. The van der Waals surface area contributed by atoms with E-state index in [1.54, 1.807) is 0 Å². The van der Waals surface area contributed by atoms with Crippen molar-refractivity contribution in [1.29, 1.82) is 0 Å². The fourth-order valence-electron chi connectivity index (χ4n) is 3.26. The van der Waals surface area contributed by atoms with Gasteiger partial charge < -0.3 is 4.90 Å². The Labute approximate surface area is 118 Å². The monoisotopic (exact) mass is 308 g/mol. The van der Waals surface area contributed by atoms with Crippen LogP contribution in [0.1, 0.15) is 25.7 Å². The van der Waals surface area contributed by atoms with Gasteiger partial charge in [-0.3, -0.25) is 4.90 Å². The van der Waals surface area contributed by atoms with Crippen LogP contribution >= 0.6 is 15.9 Å². The molecular formula is C15H21BrN2. The van der Waals surface area contributed by atoms with E-state index in [-0.39, 0.29) is 0 Å². The number of hydrogen-bond acceptors (Lipinski definition) is 2. The summed E-state index contributed by atoms with van der Waals surface area (Å²) in [5, 5.41) is 0. The summed E-state index contributed by atoms with van der Waals surface area (Å²) in [6.07, 6.45) is 5.49. The molecule has 2 nitrogen and oxygen atoms in total. The number of rotatable bonds is 1. The zero-order valence-corrected chi connectivity index (χ0v) is 12.4. The quantitative estimate of drug-likeness (QED) is 0.783. The van der Waals surface area contributed by atoms with Gasteiger partial charge in [-0.25, -0.2) is 0 Å². The molecule has 0 spiro atoms. The third kappa shape index (κ3) is 2.72. The van der Waals surface area contributed by atoms with E-state index in [0.717, 1.165) is 6.04 Å². The molecule has 1 atom stereocenters. The molecule has 1 aromatic rings. The highest BCUT2D eigenvalue weighted by Gasteiger charge is 2.26. The maximum absolute atomic E-state index is 3.51. The van der Waals surface area contributed by atoms with Crippen molar-refractivity contribution in [1.82, 2.24) is 4.90 Å². The van der Waals surface area contributed by atoms with Gasteiger partial charge in [0.25, 0.3) is 0 Å². The second-order valence-electron chi connectivity index (χ2n) is 5.46. The first-order chi connectivity index (χ1) is 8.83. The van der Waals surface area contributed by atoms with Gasteiger partial charge in [0.15, 0.2) is 0 Å². The van der Waals surface area contributed by atoms with Crippen molar-refractivity contribution in [3.05, 3.63) is 28.7 Å². The highest BCUT2D eigenvalue weighted by Crippen LogP contribution is 2.25. The third-order valence-corrected chi connectivity index (χ3v) is 4.77. The van der Waals surface area contributed by atoms with Gasteiger partial charge in [-0.1, -0.05) is 22.4 Å². The Morgan fingerprint density at radius 2 is 1.72 bits per heavy atom. The maximum Gasteiger partial charge on any atom is 0.0367 e. The topological polar surface area (TPSA) is 6.48 Å². The number of piperidine rings is 1. The summed E-state index contributed by atoms with van der Waals surface area (Å²) in [5.74, 6) is 0. The first kappa shape index (κ1) is 12.5. The third-order valence-electron chi connectivity index (χ3n) is 4.25. The molecule has 0 aliphatic carbocycles. The predicted octanol–water partition coefficient (Wildman–Crippen LogP) is 3.51. The van der Waals surface area contributed by atoms with E-state index in [9.17, 15) is 0 Å². The molecule has 2 fully saturated rings. The summed E-state index contributed by atoms with van der Waals surface area (Å²) < 4.78 is 1.17. The zero-order valence-electron chi connectivity index (χ0n) is 10.8. The number of fused-ring (bicyclic) bond motifs is 1.